The van der Waals surface area contributed by atoms with Crippen molar-refractivity contribution in [2.24, 2.45) is 0 Å². The average Bonchev–Trinajstić information content (AvgIpc) is 3.39. The third-order valence-electron chi connectivity index (χ3n) is 5.42. The van der Waals surface area contributed by atoms with Gasteiger partial charge in [0.05, 0.1) is 10.9 Å². The van der Waals surface area contributed by atoms with Gasteiger partial charge in [0.2, 0.25) is 10.0 Å². The van der Waals surface area contributed by atoms with Crippen LogP contribution in [0, 0.1) is 0 Å². The number of piperidine rings is 1. The van der Waals surface area contributed by atoms with Crippen molar-refractivity contribution in [3.05, 3.63) is 52.2 Å². The summed E-state index contributed by atoms with van der Waals surface area (Å²) in [6, 6.07) is 10.7. The maximum absolute atomic E-state index is 13.1. The van der Waals surface area contributed by atoms with E-state index in [0.29, 0.717) is 25.2 Å². The predicted molar refractivity (Wildman–Crippen MR) is 106 cm³/mol. The van der Waals surface area contributed by atoms with Crippen LogP contribution in [0.2, 0.25) is 0 Å². The summed E-state index contributed by atoms with van der Waals surface area (Å²) in [5.74, 6) is -0.0819. The van der Waals surface area contributed by atoms with Crippen LogP contribution in [0.3, 0.4) is 0 Å². The minimum absolute atomic E-state index is 0.0819. The maximum atomic E-state index is 13.1. The Kier molecular flexibility index (Phi) is 5.34. The summed E-state index contributed by atoms with van der Waals surface area (Å²) < 4.78 is 27.4. The molecule has 2 aliphatic rings. The molecule has 1 aromatic carbocycles. The zero-order chi connectivity index (χ0) is 18.9. The van der Waals surface area contributed by atoms with Gasteiger partial charge in [0, 0.05) is 30.1 Å². The Bertz CT molecular complexity index is 903. The van der Waals surface area contributed by atoms with Crippen LogP contribution in [0.5, 0.6) is 0 Å². The number of rotatable bonds is 4. The van der Waals surface area contributed by atoms with Crippen molar-refractivity contribution in [2.75, 3.05) is 19.6 Å². The number of likely N-dealkylation sites (tertiary alicyclic amines) is 1. The number of amides is 1. The molecule has 0 radical (unpaired) electrons. The minimum Gasteiger partial charge on any atom is -0.331 e. The van der Waals surface area contributed by atoms with Crippen molar-refractivity contribution in [1.82, 2.24) is 9.21 Å². The first-order valence-corrected chi connectivity index (χ1v) is 11.8. The molecule has 7 heteroatoms. The summed E-state index contributed by atoms with van der Waals surface area (Å²) in [4.78, 5) is 16.4. The van der Waals surface area contributed by atoms with E-state index >= 15 is 0 Å². The fourth-order valence-corrected chi connectivity index (χ4v) is 6.43. The van der Waals surface area contributed by atoms with Crippen LogP contribution in [-0.4, -0.2) is 43.2 Å². The number of carbonyl (C=O) groups is 1. The Hall–Kier alpha value is -1.70. The molecule has 3 heterocycles. The third-order valence-corrected chi connectivity index (χ3v) is 8.29. The Morgan fingerprint density at radius 1 is 1.00 bits per heavy atom. The summed E-state index contributed by atoms with van der Waals surface area (Å²) in [6.07, 6.45) is 4.80. The number of nitrogens with zero attached hydrogens (tertiary/aromatic N) is 2. The number of hydrogen-bond donors (Lipinski definition) is 0. The Labute approximate surface area is 164 Å². The van der Waals surface area contributed by atoms with Gasteiger partial charge in [0.15, 0.2) is 0 Å². The summed E-state index contributed by atoms with van der Waals surface area (Å²) in [5, 5.41) is 2.03. The second-order valence-corrected chi connectivity index (χ2v) is 10.1. The second kappa shape index (κ2) is 7.73. The number of carbonyl (C=O) groups excluding carboxylic acids is 1. The van der Waals surface area contributed by atoms with Gasteiger partial charge in [-0.3, -0.25) is 4.79 Å². The highest BCUT2D eigenvalue weighted by atomic mass is 32.2. The quantitative estimate of drug-likeness (QED) is 0.777. The van der Waals surface area contributed by atoms with E-state index in [1.807, 2.05) is 16.3 Å². The third kappa shape index (κ3) is 3.68. The van der Waals surface area contributed by atoms with E-state index in [9.17, 15) is 13.2 Å². The van der Waals surface area contributed by atoms with Crippen LogP contribution in [0.15, 0.2) is 46.7 Å². The SMILES string of the molecule is O=C(c1cccc(S(=O)(=O)N2CCCCC2)c1)N1CCCC1c1cccs1. The Balaban J connectivity index is 1.59. The number of benzene rings is 1. The lowest BCUT2D eigenvalue weighted by Crippen LogP contribution is -2.36. The highest BCUT2D eigenvalue weighted by Crippen LogP contribution is 2.35. The van der Waals surface area contributed by atoms with Gasteiger partial charge in [-0.2, -0.15) is 4.31 Å². The van der Waals surface area contributed by atoms with Crippen molar-refractivity contribution in [1.29, 1.82) is 0 Å². The summed E-state index contributed by atoms with van der Waals surface area (Å²) >= 11 is 1.67. The van der Waals surface area contributed by atoms with Crippen LogP contribution in [0.1, 0.15) is 53.4 Å². The molecule has 2 aromatic rings. The minimum atomic E-state index is -3.53. The van der Waals surface area contributed by atoms with Gasteiger partial charge in [-0.1, -0.05) is 18.6 Å². The lowest BCUT2D eigenvalue weighted by molar-refractivity contribution is 0.0737. The lowest BCUT2D eigenvalue weighted by atomic mass is 10.1. The summed E-state index contributed by atoms with van der Waals surface area (Å²) in [6.45, 7) is 1.84. The fourth-order valence-electron chi connectivity index (χ4n) is 4.00. The molecule has 2 fully saturated rings. The van der Waals surface area contributed by atoms with Crippen molar-refractivity contribution in [3.8, 4) is 0 Å². The molecule has 1 amide bonds. The number of thiophene rings is 1. The number of hydrogen-bond acceptors (Lipinski definition) is 4. The molecule has 2 aliphatic heterocycles. The molecule has 1 aromatic heterocycles. The lowest BCUT2D eigenvalue weighted by Gasteiger charge is -2.26. The van der Waals surface area contributed by atoms with Crippen LogP contribution >= 0.6 is 11.3 Å². The molecule has 1 atom stereocenters. The molecular formula is C20H24N2O3S2. The molecule has 0 N–H and O–H groups in total. The second-order valence-electron chi connectivity index (χ2n) is 7.16. The Morgan fingerprint density at radius 3 is 2.56 bits per heavy atom. The maximum Gasteiger partial charge on any atom is 0.254 e. The molecule has 1 unspecified atom stereocenters. The van der Waals surface area contributed by atoms with E-state index in [1.54, 1.807) is 39.9 Å². The monoisotopic (exact) mass is 404 g/mol. The van der Waals surface area contributed by atoms with Crippen molar-refractivity contribution >= 4 is 27.3 Å². The van der Waals surface area contributed by atoms with Crippen LogP contribution in [0.4, 0.5) is 0 Å². The fraction of sp³-hybridized carbons (Fsp3) is 0.450. The van der Waals surface area contributed by atoms with Gasteiger partial charge in [-0.05, 0) is 55.3 Å². The average molecular weight is 405 g/mol. The van der Waals surface area contributed by atoms with Gasteiger partial charge < -0.3 is 4.90 Å². The van der Waals surface area contributed by atoms with E-state index in [0.717, 1.165) is 32.1 Å². The van der Waals surface area contributed by atoms with E-state index in [-0.39, 0.29) is 16.8 Å². The first-order chi connectivity index (χ1) is 13.1. The predicted octanol–water partition coefficient (Wildman–Crippen LogP) is 3.90. The standard InChI is InChI=1S/C20H24N2O3S2/c23-20(22-13-5-9-18(22)19-10-6-14-26-19)16-7-4-8-17(15-16)27(24,25)21-11-2-1-3-12-21/h4,6-8,10,14-15,18H,1-3,5,9,11-13H2. The molecule has 0 bridgehead atoms. The zero-order valence-electron chi connectivity index (χ0n) is 15.2. The normalized spacial score (nSPS) is 21.5. The van der Waals surface area contributed by atoms with Crippen LogP contribution in [0.25, 0.3) is 0 Å². The van der Waals surface area contributed by atoms with Crippen LogP contribution in [-0.2, 0) is 10.0 Å². The molecule has 4 rings (SSSR count). The van der Waals surface area contributed by atoms with Crippen molar-refractivity contribution < 1.29 is 13.2 Å². The molecule has 2 saturated heterocycles. The largest absolute Gasteiger partial charge is 0.331 e. The first-order valence-electron chi connectivity index (χ1n) is 9.52. The summed E-state index contributed by atoms with van der Waals surface area (Å²) in [7, 11) is -3.53. The molecule has 0 spiro atoms. The molecule has 27 heavy (non-hydrogen) atoms. The van der Waals surface area contributed by atoms with E-state index < -0.39 is 10.0 Å². The van der Waals surface area contributed by atoms with Gasteiger partial charge >= 0.3 is 0 Å². The van der Waals surface area contributed by atoms with Crippen molar-refractivity contribution in [3.63, 3.8) is 0 Å². The molecule has 144 valence electrons. The zero-order valence-corrected chi connectivity index (χ0v) is 16.8. The topological polar surface area (TPSA) is 57.7 Å². The van der Waals surface area contributed by atoms with Gasteiger partial charge in [0.25, 0.3) is 5.91 Å². The Morgan fingerprint density at radius 2 is 1.81 bits per heavy atom. The van der Waals surface area contributed by atoms with E-state index in [4.69, 9.17) is 0 Å². The first kappa shape index (κ1) is 18.7. The highest BCUT2D eigenvalue weighted by molar-refractivity contribution is 7.89. The van der Waals surface area contributed by atoms with E-state index in [1.165, 1.54) is 4.88 Å². The number of sulfonamides is 1. The molecule has 0 aliphatic carbocycles. The molecule has 0 saturated carbocycles. The van der Waals surface area contributed by atoms with E-state index in [2.05, 4.69) is 6.07 Å². The molecular weight excluding hydrogens is 380 g/mol. The van der Waals surface area contributed by atoms with Crippen LogP contribution < -0.4 is 0 Å². The summed E-state index contributed by atoms with van der Waals surface area (Å²) in [5.41, 5.74) is 0.455. The smallest absolute Gasteiger partial charge is 0.254 e. The van der Waals surface area contributed by atoms with Gasteiger partial charge in [-0.25, -0.2) is 8.42 Å². The van der Waals surface area contributed by atoms with Gasteiger partial charge in [-0.15, -0.1) is 11.3 Å². The highest BCUT2D eigenvalue weighted by Gasteiger charge is 2.32. The van der Waals surface area contributed by atoms with Gasteiger partial charge in [0.1, 0.15) is 0 Å². The molecule has 5 nitrogen and oxygen atoms in total. The van der Waals surface area contributed by atoms with Crippen molar-refractivity contribution in [2.45, 2.75) is 43.0 Å².